The Kier molecular flexibility index (Phi) is 27.2. The van der Waals surface area contributed by atoms with Gasteiger partial charge in [-0.3, -0.25) is 0 Å². The van der Waals surface area contributed by atoms with E-state index in [1.54, 1.807) is 73.8 Å². The van der Waals surface area contributed by atoms with E-state index in [4.69, 9.17) is 75.5 Å². The van der Waals surface area contributed by atoms with E-state index >= 15 is 0 Å². The van der Waals surface area contributed by atoms with Crippen LogP contribution in [0.4, 0.5) is 0 Å². The van der Waals surface area contributed by atoms with E-state index in [2.05, 4.69) is 31.9 Å². The van der Waals surface area contributed by atoms with Crippen molar-refractivity contribution in [2.24, 2.45) is 0 Å². The van der Waals surface area contributed by atoms with E-state index in [0.29, 0.717) is 105 Å². The van der Waals surface area contributed by atoms with E-state index in [1.165, 1.54) is 109 Å². The summed E-state index contributed by atoms with van der Waals surface area (Å²) in [6.45, 7) is 0. The van der Waals surface area contributed by atoms with E-state index in [1.807, 2.05) is 6.07 Å². The Bertz CT molecular complexity index is 4410. The fourth-order valence-corrected chi connectivity index (χ4v) is 9.59. The van der Waals surface area contributed by atoms with Crippen molar-refractivity contribution in [1.82, 2.24) is 0 Å². The van der Waals surface area contributed by atoms with Gasteiger partial charge in [0.1, 0.15) is 0 Å². The van der Waals surface area contributed by atoms with Gasteiger partial charge in [0.2, 0.25) is 23.0 Å². The van der Waals surface area contributed by atoms with Gasteiger partial charge in [-0.2, -0.15) is 0 Å². The van der Waals surface area contributed by atoms with Crippen LogP contribution in [-0.2, 0) is 0 Å². The van der Waals surface area contributed by atoms with Gasteiger partial charge in [-0.25, -0.2) is 19.2 Å². The summed E-state index contributed by atoms with van der Waals surface area (Å²) < 4.78 is 78.6. The first-order valence-electron chi connectivity index (χ1n) is 26.0. The molecule has 27 heteroatoms. The number of para-hydroxylation sites is 2. The predicted molar refractivity (Wildman–Crippen MR) is 353 cm³/mol. The Labute approximate surface area is 549 Å². The number of esters is 1. The molecule has 0 aliphatic carbocycles. The first kappa shape index (κ1) is 74.7. The number of carboxylic acid groups (broad SMARTS) is 1. The second-order valence-corrected chi connectivity index (χ2v) is 19.7. The Hall–Kier alpha value is -10.8. The lowest BCUT2D eigenvalue weighted by Gasteiger charge is -2.14. The van der Waals surface area contributed by atoms with Crippen molar-refractivity contribution in [3.63, 3.8) is 0 Å². The lowest BCUT2D eigenvalue weighted by Crippen LogP contribution is -2.11. The average Bonchev–Trinajstić information content (AvgIpc) is 0.768. The molecular weight excluding hydrogens is 1350 g/mol. The molecule has 0 amide bonds. The lowest BCUT2D eigenvalue weighted by molar-refractivity contribution is 0.0692. The fraction of sp³-hybridized carbons (Fsp3) is 0.212. The van der Waals surface area contributed by atoms with E-state index in [-0.39, 0.29) is 48.4 Å². The number of fused-ring (bicyclic) bond motifs is 6. The minimum Gasteiger partial charge on any atom is -0.504 e. The third-order valence-corrected chi connectivity index (χ3v) is 14.3. The molecule has 0 atom stereocenters. The molecular formula is C66H68Br2O25. The average molecular weight is 1420 g/mol. The molecule has 10 aromatic rings. The minimum absolute atomic E-state index is 0. The highest BCUT2D eigenvalue weighted by Crippen LogP contribution is 2.43. The standard InChI is InChI=1S/C17H17BrO6.C17H16O6.C13H8O6.C9H9BrO4.C8H10O3.2CH4/c1-20-12-6-5-7-13(16(12)23-4)24-17(19)10-8-14(21-2)15(22-3)9-11(10)18;1-19-12-6-5-9-10-7-13(20-2)14(21-3)8-11(10)17(18)23-15(9)16(12)22-4;14-8-2-1-5-6-3-9(15)10(16)4-7(6)13(18)19-12(5)11(8)17;1-13-7-3-5(9(11)12)6(10)4-8(7)14-2;1-10-7-5-3-4-6(9)8(7)11-2;;/h5-9H,1-4H3;5-8H,1-4H3;1-4,14-17H;3-4H,1-2H3,(H,11,12);3-5,9H,1-2H3;2*1H4. The molecule has 25 nitrogen and oxygen atoms in total. The number of aromatic carboxylic acids is 1. The highest BCUT2D eigenvalue weighted by atomic mass is 79.9. The molecule has 10 rings (SSSR count). The SMILES string of the molecule is C.C.COc1cc(Br)c(C(=O)O)cc1OC.COc1cc(Br)c(C(=O)Oc2cccc(OC)c2OC)cc1OC.COc1cc2c(=O)oc3c(OC)c(OC)ccc3c2cc1OC.COc1cccc(O)c1OC.O=c1oc2c(O)c(O)ccc2c2cc(O)c(O)cc12. The van der Waals surface area contributed by atoms with Crippen LogP contribution in [0.2, 0.25) is 0 Å². The number of carboxylic acids is 1. The summed E-state index contributed by atoms with van der Waals surface area (Å²) in [7, 11) is 18.0. The second kappa shape index (κ2) is 33.9. The summed E-state index contributed by atoms with van der Waals surface area (Å²) in [4.78, 5) is 47.4. The van der Waals surface area contributed by atoms with Crippen LogP contribution < -0.4 is 72.8 Å². The number of phenolic OH excluding ortho intramolecular Hbond substituents is 5. The van der Waals surface area contributed by atoms with Crippen molar-refractivity contribution < 1.29 is 111 Å². The number of ether oxygens (including phenoxy) is 13. The molecule has 0 aliphatic heterocycles. The van der Waals surface area contributed by atoms with Crippen LogP contribution in [0.25, 0.3) is 43.5 Å². The molecule has 0 spiro atoms. The van der Waals surface area contributed by atoms with Gasteiger partial charge in [-0.15, -0.1) is 0 Å². The fourth-order valence-electron chi connectivity index (χ4n) is 8.61. The largest absolute Gasteiger partial charge is 0.504 e. The molecule has 496 valence electrons. The zero-order valence-electron chi connectivity index (χ0n) is 50.6. The van der Waals surface area contributed by atoms with Crippen molar-refractivity contribution in [3.8, 4) is 103 Å². The maximum absolute atomic E-state index is 12.5. The number of methoxy groups -OCH3 is 12. The molecule has 0 unspecified atom stereocenters. The summed E-state index contributed by atoms with van der Waals surface area (Å²) in [5.41, 5.74) is -0.696. The summed E-state index contributed by atoms with van der Waals surface area (Å²) >= 11 is 6.47. The number of benzene rings is 8. The highest BCUT2D eigenvalue weighted by molar-refractivity contribution is 9.10. The Morgan fingerprint density at radius 3 is 1.23 bits per heavy atom. The Morgan fingerprint density at radius 2 is 0.731 bits per heavy atom. The van der Waals surface area contributed by atoms with Crippen molar-refractivity contribution in [1.29, 1.82) is 0 Å². The number of rotatable bonds is 15. The maximum atomic E-state index is 12.5. The van der Waals surface area contributed by atoms with Crippen LogP contribution >= 0.6 is 31.9 Å². The molecule has 2 heterocycles. The van der Waals surface area contributed by atoms with Gasteiger partial charge in [-0.1, -0.05) is 27.0 Å². The van der Waals surface area contributed by atoms with Crippen LogP contribution in [0, 0.1) is 0 Å². The van der Waals surface area contributed by atoms with Gasteiger partial charge in [0.25, 0.3) is 0 Å². The predicted octanol–water partition coefficient (Wildman–Crippen LogP) is 13.3. The summed E-state index contributed by atoms with van der Waals surface area (Å²) in [5.74, 6) is 2.32. The van der Waals surface area contributed by atoms with Gasteiger partial charge >= 0.3 is 23.2 Å². The molecule has 93 heavy (non-hydrogen) atoms. The van der Waals surface area contributed by atoms with Gasteiger partial charge in [0, 0.05) is 30.5 Å². The monoisotopic (exact) mass is 1420 g/mol. The van der Waals surface area contributed by atoms with Crippen LogP contribution in [0.15, 0.2) is 137 Å². The third-order valence-electron chi connectivity index (χ3n) is 13.0. The van der Waals surface area contributed by atoms with Crippen molar-refractivity contribution in [3.05, 3.63) is 150 Å². The first-order chi connectivity index (χ1) is 43.6. The number of carbonyl (C=O) groups excluding carboxylic acids is 1. The number of carbonyl (C=O) groups is 2. The molecule has 2 aromatic heterocycles. The van der Waals surface area contributed by atoms with Crippen LogP contribution in [-0.4, -0.2) is 128 Å². The van der Waals surface area contributed by atoms with Gasteiger partial charge < -0.3 is 101 Å². The Balaban J connectivity index is 0.000000252. The third kappa shape index (κ3) is 16.6. The Morgan fingerprint density at radius 1 is 0.355 bits per heavy atom. The van der Waals surface area contributed by atoms with Crippen LogP contribution in [0.5, 0.6) is 103 Å². The van der Waals surface area contributed by atoms with Crippen LogP contribution in [0.1, 0.15) is 35.6 Å². The first-order valence-corrected chi connectivity index (χ1v) is 27.6. The number of hydrogen-bond donors (Lipinski definition) is 6. The number of phenols is 5. The summed E-state index contributed by atoms with van der Waals surface area (Å²) in [6, 6.07) is 28.0. The van der Waals surface area contributed by atoms with E-state index in [9.17, 15) is 44.7 Å². The highest BCUT2D eigenvalue weighted by Gasteiger charge is 2.23. The van der Waals surface area contributed by atoms with E-state index < -0.39 is 46.2 Å². The number of hydrogen-bond acceptors (Lipinski definition) is 24. The van der Waals surface area contributed by atoms with E-state index in [0.717, 1.165) is 11.5 Å². The topological polar surface area (TPSA) is 336 Å². The zero-order chi connectivity index (χ0) is 67.0. The second-order valence-electron chi connectivity index (χ2n) is 18.0. The molecule has 0 fully saturated rings. The minimum atomic E-state index is -1.02. The number of aromatic hydroxyl groups is 5. The van der Waals surface area contributed by atoms with Gasteiger partial charge in [-0.05, 0) is 129 Å². The smallest absolute Gasteiger partial charge is 0.344 e. The van der Waals surface area contributed by atoms with Crippen molar-refractivity contribution in [2.75, 3.05) is 85.3 Å². The van der Waals surface area contributed by atoms with Crippen molar-refractivity contribution in [2.45, 2.75) is 14.9 Å². The quantitative estimate of drug-likeness (QED) is 0.0183. The molecule has 6 N–H and O–H groups in total. The van der Waals surface area contributed by atoms with Crippen LogP contribution in [0.3, 0.4) is 0 Å². The lowest BCUT2D eigenvalue weighted by atomic mass is 10.1. The normalized spacial score (nSPS) is 10.1. The van der Waals surface area contributed by atoms with Gasteiger partial charge in [0.15, 0.2) is 91.7 Å². The number of halogens is 2. The molecule has 0 saturated heterocycles. The summed E-state index contributed by atoms with van der Waals surface area (Å²) in [6.07, 6.45) is 0. The van der Waals surface area contributed by atoms with Crippen molar-refractivity contribution >= 4 is 87.3 Å². The zero-order valence-corrected chi connectivity index (χ0v) is 53.8. The maximum Gasteiger partial charge on any atom is 0.344 e. The molecule has 0 aliphatic rings. The molecule has 0 bridgehead atoms. The molecule has 0 saturated carbocycles. The molecule has 0 radical (unpaired) electrons. The van der Waals surface area contributed by atoms with Gasteiger partial charge in [0.05, 0.1) is 107 Å². The molecule has 8 aromatic carbocycles. The summed E-state index contributed by atoms with van der Waals surface area (Å²) in [5, 5.41) is 58.5.